The highest BCUT2D eigenvalue weighted by molar-refractivity contribution is 7.98. The predicted octanol–water partition coefficient (Wildman–Crippen LogP) is 2.97. The Morgan fingerprint density at radius 1 is 1.23 bits per heavy atom. The van der Waals surface area contributed by atoms with Crippen LogP contribution in [-0.4, -0.2) is 42.1 Å². The molecule has 26 heavy (non-hydrogen) atoms. The maximum atomic E-state index is 12.3. The molecule has 1 aromatic heterocycles. The Bertz CT molecular complexity index is 836. The highest BCUT2D eigenvalue weighted by Gasteiger charge is 2.22. The summed E-state index contributed by atoms with van der Waals surface area (Å²) < 4.78 is 5.13. The van der Waals surface area contributed by atoms with E-state index in [-0.39, 0.29) is 18.3 Å². The number of thioether (sulfide) groups is 1. The second kappa shape index (κ2) is 8.14. The molecular formula is C19H18N2O4S. The zero-order valence-electron chi connectivity index (χ0n) is 14.3. The highest BCUT2D eigenvalue weighted by atomic mass is 32.2. The maximum absolute atomic E-state index is 12.3. The van der Waals surface area contributed by atoms with Gasteiger partial charge < -0.3 is 9.64 Å². The summed E-state index contributed by atoms with van der Waals surface area (Å²) in [4.78, 5) is 42.0. The van der Waals surface area contributed by atoms with Crippen LogP contribution in [0.15, 0.2) is 47.6 Å². The van der Waals surface area contributed by atoms with Crippen molar-refractivity contribution < 1.29 is 19.1 Å². The van der Waals surface area contributed by atoms with Gasteiger partial charge in [-0.05, 0) is 49.1 Å². The van der Waals surface area contributed by atoms with Gasteiger partial charge in [0.25, 0.3) is 0 Å². The number of hydrogen-bond donors (Lipinski definition) is 0. The summed E-state index contributed by atoms with van der Waals surface area (Å²) in [5.74, 6) is -0.776. The Kier molecular flexibility index (Phi) is 5.68. The van der Waals surface area contributed by atoms with E-state index in [0.717, 1.165) is 12.1 Å². The van der Waals surface area contributed by atoms with E-state index in [1.54, 1.807) is 47.5 Å². The minimum Gasteiger partial charge on any atom is -0.454 e. The van der Waals surface area contributed by atoms with Gasteiger partial charge in [-0.1, -0.05) is 0 Å². The van der Waals surface area contributed by atoms with Gasteiger partial charge in [-0.25, -0.2) is 9.78 Å². The van der Waals surface area contributed by atoms with Gasteiger partial charge in [0.05, 0.1) is 5.56 Å². The monoisotopic (exact) mass is 370 g/mol. The third-order valence-electron chi connectivity index (χ3n) is 4.09. The van der Waals surface area contributed by atoms with Crippen LogP contribution in [0, 0.1) is 0 Å². The van der Waals surface area contributed by atoms with Crippen LogP contribution in [0.1, 0.15) is 33.6 Å². The molecule has 0 aliphatic carbocycles. The first kappa shape index (κ1) is 18.1. The second-order valence-electron chi connectivity index (χ2n) is 5.76. The van der Waals surface area contributed by atoms with Gasteiger partial charge in [0.2, 0.25) is 5.91 Å². The van der Waals surface area contributed by atoms with Gasteiger partial charge in [0.15, 0.2) is 12.4 Å². The van der Waals surface area contributed by atoms with E-state index >= 15 is 0 Å². The Labute approximate surface area is 155 Å². The molecule has 0 N–H and O–H groups in total. The molecule has 3 rings (SSSR count). The molecule has 0 atom stereocenters. The molecule has 2 heterocycles. The lowest BCUT2D eigenvalue weighted by molar-refractivity contribution is -0.117. The first-order valence-corrected chi connectivity index (χ1v) is 9.42. The minimum atomic E-state index is -0.574. The number of Topliss-reactive ketones (excluding diaryl/α,β-unsaturated/α-hetero) is 1. The number of aromatic nitrogens is 1. The van der Waals surface area contributed by atoms with E-state index in [0.29, 0.717) is 29.1 Å². The average molecular weight is 370 g/mol. The summed E-state index contributed by atoms with van der Waals surface area (Å²) in [5, 5.41) is 0.560. The van der Waals surface area contributed by atoms with Crippen LogP contribution in [0.5, 0.6) is 0 Å². The summed E-state index contributed by atoms with van der Waals surface area (Å²) in [6.45, 7) is 0.357. The zero-order valence-corrected chi connectivity index (χ0v) is 15.1. The van der Waals surface area contributed by atoms with E-state index in [1.807, 2.05) is 6.26 Å². The van der Waals surface area contributed by atoms with Crippen molar-refractivity contribution in [2.45, 2.75) is 17.9 Å². The van der Waals surface area contributed by atoms with Crippen molar-refractivity contribution >= 4 is 35.1 Å². The summed E-state index contributed by atoms with van der Waals surface area (Å²) in [7, 11) is 0. The number of carbonyl (C=O) groups is 3. The molecule has 0 spiro atoms. The predicted molar refractivity (Wildman–Crippen MR) is 98.7 cm³/mol. The molecule has 1 aromatic carbocycles. The topological polar surface area (TPSA) is 76.6 Å². The Hall–Kier alpha value is -2.67. The van der Waals surface area contributed by atoms with Gasteiger partial charge in [-0.3, -0.25) is 9.59 Å². The van der Waals surface area contributed by atoms with Crippen LogP contribution in [0.25, 0.3) is 0 Å². The first-order chi connectivity index (χ1) is 12.6. The van der Waals surface area contributed by atoms with Crippen LogP contribution in [0.4, 0.5) is 5.69 Å². The number of anilines is 1. The Morgan fingerprint density at radius 2 is 2.00 bits per heavy atom. The van der Waals surface area contributed by atoms with Crippen molar-refractivity contribution in [3.05, 3.63) is 53.7 Å². The van der Waals surface area contributed by atoms with E-state index in [4.69, 9.17) is 4.74 Å². The number of pyridine rings is 1. The average Bonchev–Trinajstić information content (AvgIpc) is 3.11. The fraction of sp³-hybridized carbons (Fsp3) is 0.263. The number of amides is 1. The molecule has 6 nitrogen and oxygen atoms in total. The molecule has 1 aliphatic rings. The zero-order chi connectivity index (χ0) is 18.5. The summed E-state index contributed by atoms with van der Waals surface area (Å²) >= 11 is 1.34. The van der Waals surface area contributed by atoms with E-state index in [9.17, 15) is 14.4 Å². The number of nitrogens with zero attached hydrogens (tertiary/aromatic N) is 2. The van der Waals surface area contributed by atoms with Crippen LogP contribution < -0.4 is 4.90 Å². The number of rotatable bonds is 6. The molecule has 1 saturated heterocycles. The number of ketones is 1. The van der Waals surface area contributed by atoms with E-state index in [1.165, 1.54) is 11.8 Å². The van der Waals surface area contributed by atoms with Crippen molar-refractivity contribution in [2.75, 3.05) is 24.3 Å². The first-order valence-electron chi connectivity index (χ1n) is 8.20. The molecule has 0 saturated carbocycles. The van der Waals surface area contributed by atoms with Crippen LogP contribution in [0.3, 0.4) is 0 Å². The lowest BCUT2D eigenvalue weighted by Crippen LogP contribution is -2.23. The van der Waals surface area contributed by atoms with Crippen LogP contribution in [-0.2, 0) is 9.53 Å². The lowest BCUT2D eigenvalue weighted by Gasteiger charge is -2.15. The van der Waals surface area contributed by atoms with Crippen LogP contribution >= 0.6 is 11.8 Å². The Morgan fingerprint density at radius 3 is 2.65 bits per heavy atom. The molecule has 0 radical (unpaired) electrons. The molecule has 0 unspecified atom stereocenters. The van der Waals surface area contributed by atoms with E-state index in [2.05, 4.69) is 4.98 Å². The SMILES string of the molecule is CSc1ncccc1C(=O)OCC(=O)c1ccc(N2CCCC2=O)cc1. The number of carbonyl (C=O) groups excluding carboxylic acids is 3. The summed E-state index contributed by atoms with van der Waals surface area (Å²) in [5.41, 5.74) is 1.56. The quantitative estimate of drug-likeness (QED) is 0.442. The molecule has 0 bridgehead atoms. The maximum Gasteiger partial charge on any atom is 0.341 e. The third-order valence-corrected chi connectivity index (χ3v) is 4.81. The van der Waals surface area contributed by atoms with Gasteiger partial charge in [-0.2, -0.15) is 0 Å². The van der Waals surface area contributed by atoms with Crippen molar-refractivity contribution in [1.29, 1.82) is 0 Å². The fourth-order valence-corrected chi connectivity index (χ4v) is 3.29. The molecule has 1 aliphatic heterocycles. The number of ether oxygens (including phenoxy) is 1. The van der Waals surface area contributed by atoms with Gasteiger partial charge in [-0.15, -0.1) is 11.8 Å². The van der Waals surface area contributed by atoms with E-state index < -0.39 is 5.97 Å². The summed E-state index contributed by atoms with van der Waals surface area (Å²) in [6.07, 6.45) is 4.82. The normalized spacial score (nSPS) is 13.7. The second-order valence-corrected chi connectivity index (χ2v) is 6.55. The lowest BCUT2D eigenvalue weighted by atomic mass is 10.1. The molecule has 134 valence electrons. The number of hydrogen-bond acceptors (Lipinski definition) is 6. The molecule has 1 fully saturated rings. The standard InChI is InChI=1S/C19H18N2O4S/c1-26-18-15(4-2-10-20-18)19(24)25-12-16(22)13-6-8-14(9-7-13)21-11-3-5-17(21)23/h2,4,6-10H,3,5,11-12H2,1H3. The fourth-order valence-electron chi connectivity index (χ4n) is 2.75. The highest BCUT2D eigenvalue weighted by Crippen LogP contribution is 2.22. The van der Waals surface area contributed by atoms with Crippen molar-refractivity contribution in [3.63, 3.8) is 0 Å². The van der Waals surface area contributed by atoms with Crippen molar-refractivity contribution in [1.82, 2.24) is 4.98 Å². The molecular weight excluding hydrogens is 352 g/mol. The smallest absolute Gasteiger partial charge is 0.341 e. The summed E-state index contributed by atoms with van der Waals surface area (Å²) in [6, 6.07) is 10.0. The van der Waals surface area contributed by atoms with Crippen molar-refractivity contribution in [3.8, 4) is 0 Å². The number of esters is 1. The van der Waals surface area contributed by atoms with Gasteiger partial charge >= 0.3 is 5.97 Å². The van der Waals surface area contributed by atoms with Crippen molar-refractivity contribution in [2.24, 2.45) is 0 Å². The third kappa shape index (κ3) is 3.94. The Balaban J connectivity index is 1.61. The van der Waals surface area contributed by atoms with Crippen LogP contribution in [0.2, 0.25) is 0 Å². The van der Waals surface area contributed by atoms with Gasteiger partial charge in [0.1, 0.15) is 5.03 Å². The van der Waals surface area contributed by atoms with Gasteiger partial charge in [0, 0.05) is 30.4 Å². The molecule has 1 amide bonds. The minimum absolute atomic E-state index is 0.0964. The molecule has 7 heteroatoms. The number of benzene rings is 1. The largest absolute Gasteiger partial charge is 0.454 e. The molecule has 2 aromatic rings.